The standard InChI is InChI=1S/C17H21NO3/c1-12(14-7-4-3-5-8-14)18-17(20)16-10-6-9-15(16)11-21-13(2)19/h3-9,12,15-16H,10-11H2,1-2H3,(H,18,20)/t12-,15-,16-/m1/s1. The maximum atomic E-state index is 12.4. The average molecular weight is 287 g/mol. The smallest absolute Gasteiger partial charge is 0.302 e. The highest BCUT2D eigenvalue weighted by atomic mass is 16.5. The first-order valence-electron chi connectivity index (χ1n) is 7.23. The molecule has 3 atom stereocenters. The van der Waals surface area contributed by atoms with Crippen molar-refractivity contribution in [3.05, 3.63) is 48.0 Å². The van der Waals surface area contributed by atoms with E-state index in [1.165, 1.54) is 6.92 Å². The van der Waals surface area contributed by atoms with Gasteiger partial charge in [0.05, 0.1) is 18.6 Å². The molecule has 1 aliphatic rings. The fourth-order valence-corrected chi connectivity index (χ4v) is 2.54. The molecule has 0 saturated heterocycles. The lowest BCUT2D eigenvalue weighted by molar-refractivity contribution is -0.143. The van der Waals surface area contributed by atoms with Gasteiger partial charge in [-0.3, -0.25) is 9.59 Å². The van der Waals surface area contributed by atoms with Crippen molar-refractivity contribution in [1.29, 1.82) is 0 Å². The summed E-state index contributed by atoms with van der Waals surface area (Å²) < 4.78 is 5.03. The van der Waals surface area contributed by atoms with Gasteiger partial charge in [0.1, 0.15) is 0 Å². The molecule has 4 nitrogen and oxygen atoms in total. The lowest BCUT2D eigenvalue weighted by atomic mass is 9.94. The summed E-state index contributed by atoms with van der Waals surface area (Å²) in [6, 6.07) is 9.82. The van der Waals surface area contributed by atoms with E-state index in [4.69, 9.17) is 4.74 Å². The van der Waals surface area contributed by atoms with E-state index in [-0.39, 0.29) is 36.4 Å². The highest BCUT2D eigenvalue weighted by Crippen LogP contribution is 2.26. The van der Waals surface area contributed by atoms with Crippen LogP contribution in [0, 0.1) is 11.8 Å². The summed E-state index contributed by atoms with van der Waals surface area (Å²) >= 11 is 0. The Labute approximate surface area is 125 Å². The molecule has 0 aromatic heterocycles. The van der Waals surface area contributed by atoms with Crippen molar-refractivity contribution in [3.8, 4) is 0 Å². The van der Waals surface area contributed by atoms with Gasteiger partial charge in [0.2, 0.25) is 5.91 Å². The number of amides is 1. The number of ether oxygens (including phenoxy) is 1. The molecule has 1 aromatic rings. The number of carbonyl (C=O) groups excluding carboxylic acids is 2. The third-order valence-electron chi connectivity index (χ3n) is 3.76. The molecule has 1 N–H and O–H groups in total. The monoisotopic (exact) mass is 287 g/mol. The number of nitrogens with one attached hydrogen (secondary N) is 1. The van der Waals surface area contributed by atoms with Crippen LogP contribution in [0.2, 0.25) is 0 Å². The Hall–Kier alpha value is -2.10. The second kappa shape index (κ2) is 7.07. The van der Waals surface area contributed by atoms with Crippen LogP contribution in [0.5, 0.6) is 0 Å². The fraction of sp³-hybridized carbons (Fsp3) is 0.412. The first-order chi connectivity index (χ1) is 10.1. The van der Waals surface area contributed by atoms with Crippen molar-refractivity contribution in [2.75, 3.05) is 6.61 Å². The molecule has 0 saturated carbocycles. The molecular weight excluding hydrogens is 266 g/mol. The molecule has 0 spiro atoms. The number of carbonyl (C=O) groups is 2. The van der Waals surface area contributed by atoms with E-state index in [1.807, 2.05) is 49.4 Å². The Morgan fingerprint density at radius 1 is 1.33 bits per heavy atom. The van der Waals surface area contributed by atoms with Crippen LogP contribution in [0.3, 0.4) is 0 Å². The van der Waals surface area contributed by atoms with Crippen molar-refractivity contribution in [3.63, 3.8) is 0 Å². The predicted octanol–water partition coefficient (Wildman–Crippen LogP) is 2.62. The summed E-state index contributed by atoms with van der Waals surface area (Å²) in [5, 5.41) is 3.04. The average Bonchev–Trinajstić information content (AvgIpc) is 2.94. The van der Waals surface area contributed by atoms with E-state index in [1.54, 1.807) is 0 Å². The van der Waals surface area contributed by atoms with Gasteiger partial charge in [-0.1, -0.05) is 42.5 Å². The number of benzene rings is 1. The largest absolute Gasteiger partial charge is 0.465 e. The van der Waals surface area contributed by atoms with Crippen LogP contribution in [-0.2, 0) is 14.3 Å². The Balaban J connectivity index is 1.92. The topological polar surface area (TPSA) is 55.4 Å². The minimum Gasteiger partial charge on any atom is -0.465 e. The molecule has 0 aliphatic heterocycles. The molecule has 4 heteroatoms. The van der Waals surface area contributed by atoms with E-state index in [9.17, 15) is 9.59 Å². The van der Waals surface area contributed by atoms with Gasteiger partial charge in [0, 0.05) is 12.8 Å². The van der Waals surface area contributed by atoms with Crippen molar-refractivity contribution in [2.45, 2.75) is 26.3 Å². The van der Waals surface area contributed by atoms with Gasteiger partial charge in [-0.05, 0) is 18.9 Å². The second-order valence-corrected chi connectivity index (χ2v) is 5.38. The molecule has 0 radical (unpaired) electrons. The van der Waals surface area contributed by atoms with E-state index >= 15 is 0 Å². The first kappa shape index (κ1) is 15.3. The molecule has 112 valence electrons. The lowest BCUT2D eigenvalue weighted by Gasteiger charge is -2.21. The van der Waals surface area contributed by atoms with Crippen LogP contribution in [0.1, 0.15) is 31.9 Å². The predicted molar refractivity (Wildman–Crippen MR) is 80.4 cm³/mol. The van der Waals surface area contributed by atoms with E-state index in [2.05, 4.69) is 5.32 Å². The van der Waals surface area contributed by atoms with Gasteiger partial charge in [0.15, 0.2) is 0 Å². The van der Waals surface area contributed by atoms with Crippen molar-refractivity contribution in [1.82, 2.24) is 5.32 Å². The van der Waals surface area contributed by atoms with Crippen LogP contribution >= 0.6 is 0 Å². The highest BCUT2D eigenvalue weighted by Gasteiger charge is 2.30. The Morgan fingerprint density at radius 3 is 2.71 bits per heavy atom. The summed E-state index contributed by atoms with van der Waals surface area (Å²) in [6.07, 6.45) is 4.63. The van der Waals surface area contributed by atoms with Gasteiger partial charge in [0.25, 0.3) is 0 Å². The molecule has 0 heterocycles. The lowest BCUT2D eigenvalue weighted by Crippen LogP contribution is -2.36. The van der Waals surface area contributed by atoms with Crippen LogP contribution in [0.4, 0.5) is 0 Å². The zero-order valence-corrected chi connectivity index (χ0v) is 12.4. The van der Waals surface area contributed by atoms with E-state index in [0.717, 1.165) is 5.56 Å². The molecule has 0 fully saturated rings. The van der Waals surface area contributed by atoms with Gasteiger partial charge < -0.3 is 10.1 Å². The van der Waals surface area contributed by atoms with Crippen molar-refractivity contribution in [2.24, 2.45) is 11.8 Å². The summed E-state index contributed by atoms with van der Waals surface area (Å²) in [4.78, 5) is 23.3. The number of esters is 1. The fourth-order valence-electron chi connectivity index (χ4n) is 2.54. The second-order valence-electron chi connectivity index (χ2n) is 5.38. The zero-order chi connectivity index (χ0) is 15.2. The molecule has 0 unspecified atom stereocenters. The van der Waals surface area contributed by atoms with Gasteiger partial charge in [-0.15, -0.1) is 0 Å². The van der Waals surface area contributed by atoms with Gasteiger partial charge >= 0.3 is 5.97 Å². The van der Waals surface area contributed by atoms with Gasteiger partial charge in [-0.25, -0.2) is 0 Å². The minimum atomic E-state index is -0.313. The van der Waals surface area contributed by atoms with Crippen LogP contribution in [0.15, 0.2) is 42.5 Å². The molecule has 1 aliphatic carbocycles. The third-order valence-corrected chi connectivity index (χ3v) is 3.76. The minimum absolute atomic E-state index is 0.00788. The zero-order valence-electron chi connectivity index (χ0n) is 12.4. The molecule has 1 aromatic carbocycles. The molecule has 1 amide bonds. The summed E-state index contributed by atoms with van der Waals surface area (Å²) in [5.74, 6) is -0.493. The van der Waals surface area contributed by atoms with Crippen molar-refractivity contribution < 1.29 is 14.3 Å². The SMILES string of the molecule is CC(=O)OC[C@H]1C=CC[C@H]1C(=O)N[C@H](C)c1ccccc1. The van der Waals surface area contributed by atoms with Crippen LogP contribution < -0.4 is 5.32 Å². The van der Waals surface area contributed by atoms with Gasteiger partial charge in [-0.2, -0.15) is 0 Å². The summed E-state index contributed by atoms with van der Waals surface area (Å²) in [7, 11) is 0. The van der Waals surface area contributed by atoms with E-state index < -0.39 is 0 Å². The molecule has 21 heavy (non-hydrogen) atoms. The molecular formula is C17H21NO3. The Kier molecular flexibility index (Phi) is 5.14. The number of rotatable bonds is 5. The Morgan fingerprint density at radius 2 is 2.05 bits per heavy atom. The quantitative estimate of drug-likeness (QED) is 0.669. The number of hydrogen-bond donors (Lipinski definition) is 1. The third kappa shape index (κ3) is 4.18. The highest BCUT2D eigenvalue weighted by molar-refractivity contribution is 5.80. The van der Waals surface area contributed by atoms with Crippen molar-refractivity contribution >= 4 is 11.9 Å². The maximum absolute atomic E-state index is 12.4. The normalized spacial score (nSPS) is 21.8. The summed E-state index contributed by atoms with van der Waals surface area (Å²) in [5.41, 5.74) is 1.08. The first-order valence-corrected chi connectivity index (χ1v) is 7.23. The Bertz CT molecular complexity index is 524. The van der Waals surface area contributed by atoms with Crippen LogP contribution in [-0.4, -0.2) is 18.5 Å². The number of hydrogen-bond acceptors (Lipinski definition) is 3. The summed E-state index contributed by atoms with van der Waals surface area (Å²) in [6.45, 7) is 3.62. The maximum Gasteiger partial charge on any atom is 0.302 e. The molecule has 0 bridgehead atoms. The number of allylic oxidation sites excluding steroid dienone is 1. The van der Waals surface area contributed by atoms with Crippen LogP contribution in [0.25, 0.3) is 0 Å². The van der Waals surface area contributed by atoms with E-state index in [0.29, 0.717) is 6.42 Å². The molecule has 2 rings (SSSR count).